The molecule has 0 unspecified atom stereocenters. The van der Waals surface area contributed by atoms with Crippen molar-refractivity contribution < 1.29 is 9.90 Å². The van der Waals surface area contributed by atoms with Crippen molar-refractivity contribution in [3.05, 3.63) is 35.9 Å². The van der Waals surface area contributed by atoms with Crippen molar-refractivity contribution in [2.45, 2.75) is 51.0 Å². The highest BCUT2D eigenvalue weighted by molar-refractivity contribution is 5.91. The fourth-order valence-electron chi connectivity index (χ4n) is 2.61. The van der Waals surface area contributed by atoms with E-state index in [0.717, 1.165) is 18.4 Å². The fourth-order valence-corrected chi connectivity index (χ4v) is 2.61. The van der Waals surface area contributed by atoms with Crippen LogP contribution in [-0.2, 0) is 4.79 Å². The number of phenolic OH excluding ortho intramolecular Hbond substituents is 1. The molecule has 1 aliphatic carbocycles. The highest BCUT2D eigenvalue weighted by Gasteiger charge is 2.12. The number of carbonyl (C=O) groups excluding carboxylic acids is 1. The van der Waals surface area contributed by atoms with E-state index in [2.05, 4.69) is 5.32 Å². The second kappa shape index (κ2) is 7.73. The molecule has 1 amide bonds. The van der Waals surface area contributed by atoms with E-state index in [0.29, 0.717) is 6.04 Å². The van der Waals surface area contributed by atoms with E-state index in [4.69, 9.17) is 0 Å². The van der Waals surface area contributed by atoms with Gasteiger partial charge in [0.2, 0.25) is 5.91 Å². The summed E-state index contributed by atoms with van der Waals surface area (Å²) in [6.07, 6.45) is 11.9. The summed E-state index contributed by atoms with van der Waals surface area (Å²) in [7, 11) is 0. The molecular formula is C17H23NO2. The Balaban J connectivity index is 1.83. The van der Waals surface area contributed by atoms with Gasteiger partial charge >= 0.3 is 0 Å². The molecule has 1 aliphatic rings. The van der Waals surface area contributed by atoms with Crippen LogP contribution in [0, 0.1) is 0 Å². The minimum Gasteiger partial charge on any atom is -0.508 e. The van der Waals surface area contributed by atoms with Crippen LogP contribution in [0.25, 0.3) is 6.08 Å². The molecule has 108 valence electrons. The molecule has 1 aromatic rings. The molecular weight excluding hydrogens is 250 g/mol. The van der Waals surface area contributed by atoms with Crippen LogP contribution in [-0.4, -0.2) is 17.1 Å². The first-order valence-corrected chi connectivity index (χ1v) is 7.51. The number of hydrogen-bond acceptors (Lipinski definition) is 2. The van der Waals surface area contributed by atoms with Gasteiger partial charge in [-0.1, -0.05) is 44.2 Å². The Bertz CT molecular complexity index is 443. The summed E-state index contributed by atoms with van der Waals surface area (Å²) >= 11 is 0. The van der Waals surface area contributed by atoms with E-state index in [1.54, 1.807) is 36.4 Å². The smallest absolute Gasteiger partial charge is 0.244 e. The molecule has 20 heavy (non-hydrogen) atoms. The lowest BCUT2D eigenvalue weighted by atomic mass is 9.97. The average Bonchev–Trinajstić information content (AvgIpc) is 2.41. The lowest BCUT2D eigenvalue weighted by Gasteiger charge is -2.20. The zero-order valence-corrected chi connectivity index (χ0v) is 11.8. The van der Waals surface area contributed by atoms with E-state index in [1.807, 2.05) is 0 Å². The zero-order valence-electron chi connectivity index (χ0n) is 11.8. The lowest BCUT2D eigenvalue weighted by Crippen LogP contribution is -2.34. The highest BCUT2D eigenvalue weighted by atomic mass is 16.3. The summed E-state index contributed by atoms with van der Waals surface area (Å²) in [4.78, 5) is 11.9. The fraction of sp³-hybridized carbons (Fsp3) is 0.471. The summed E-state index contributed by atoms with van der Waals surface area (Å²) in [5.74, 6) is 0.213. The Labute approximate surface area is 120 Å². The number of carbonyl (C=O) groups is 1. The summed E-state index contributed by atoms with van der Waals surface area (Å²) < 4.78 is 0. The quantitative estimate of drug-likeness (QED) is 0.826. The van der Waals surface area contributed by atoms with Crippen LogP contribution in [0.5, 0.6) is 5.75 Å². The molecule has 3 heteroatoms. The minimum atomic E-state index is -0.0244. The number of phenols is 1. The molecule has 2 N–H and O–H groups in total. The van der Waals surface area contributed by atoms with Gasteiger partial charge in [-0.15, -0.1) is 0 Å². The van der Waals surface area contributed by atoms with Crippen LogP contribution in [0.1, 0.15) is 50.5 Å². The maximum atomic E-state index is 11.9. The molecule has 0 aromatic heterocycles. The Hall–Kier alpha value is -1.77. The molecule has 0 heterocycles. The number of hydrogen-bond donors (Lipinski definition) is 2. The summed E-state index contributed by atoms with van der Waals surface area (Å²) in [6, 6.07) is 7.13. The highest BCUT2D eigenvalue weighted by Crippen LogP contribution is 2.17. The van der Waals surface area contributed by atoms with E-state index < -0.39 is 0 Å². The van der Waals surface area contributed by atoms with E-state index in [-0.39, 0.29) is 11.7 Å². The largest absolute Gasteiger partial charge is 0.508 e. The van der Waals surface area contributed by atoms with Gasteiger partial charge in [0.05, 0.1) is 0 Å². The molecule has 0 atom stereocenters. The Morgan fingerprint density at radius 1 is 1.05 bits per heavy atom. The first kappa shape index (κ1) is 14.6. The minimum absolute atomic E-state index is 0.0244. The number of aromatic hydroxyl groups is 1. The van der Waals surface area contributed by atoms with Crippen LogP contribution in [0.4, 0.5) is 0 Å². The molecule has 1 saturated carbocycles. The van der Waals surface area contributed by atoms with Crippen LogP contribution in [0.2, 0.25) is 0 Å². The van der Waals surface area contributed by atoms with Crippen molar-refractivity contribution in [1.29, 1.82) is 0 Å². The number of nitrogens with one attached hydrogen (secondary N) is 1. The second-order valence-corrected chi connectivity index (χ2v) is 5.48. The van der Waals surface area contributed by atoms with Crippen molar-refractivity contribution in [3.63, 3.8) is 0 Å². The predicted molar refractivity (Wildman–Crippen MR) is 81.4 cm³/mol. The zero-order chi connectivity index (χ0) is 14.2. The molecule has 0 bridgehead atoms. The van der Waals surface area contributed by atoms with Crippen molar-refractivity contribution in [3.8, 4) is 5.75 Å². The Morgan fingerprint density at radius 3 is 2.30 bits per heavy atom. The van der Waals surface area contributed by atoms with Gasteiger partial charge in [0, 0.05) is 12.1 Å². The van der Waals surface area contributed by atoms with Crippen molar-refractivity contribution in [1.82, 2.24) is 5.32 Å². The molecule has 0 radical (unpaired) electrons. The normalized spacial score (nSPS) is 17.6. The van der Waals surface area contributed by atoms with Crippen molar-refractivity contribution in [2.75, 3.05) is 0 Å². The summed E-state index contributed by atoms with van der Waals surface area (Å²) in [5.41, 5.74) is 0.913. The van der Waals surface area contributed by atoms with Gasteiger partial charge in [0.25, 0.3) is 0 Å². The Kier molecular flexibility index (Phi) is 5.66. The SMILES string of the molecule is O=C(/C=C/c1ccc(O)cc1)NC1CCCCCCC1. The van der Waals surface area contributed by atoms with Crippen LogP contribution in [0.3, 0.4) is 0 Å². The number of amides is 1. The Morgan fingerprint density at radius 2 is 1.65 bits per heavy atom. The standard InChI is InChI=1S/C17H23NO2/c19-16-11-8-14(9-12-16)10-13-17(20)18-15-6-4-2-1-3-5-7-15/h8-13,15,19H,1-7H2,(H,18,20)/b13-10+. The summed E-state index contributed by atoms with van der Waals surface area (Å²) in [5, 5.41) is 12.3. The number of rotatable bonds is 3. The molecule has 2 rings (SSSR count). The third kappa shape index (κ3) is 5.08. The van der Waals surface area contributed by atoms with Crippen LogP contribution < -0.4 is 5.32 Å². The topological polar surface area (TPSA) is 49.3 Å². The van der Waals surface area contributed by atoms with Gasteiger partial charge in [0.1, 0.15) is 5.75 Å². The summed E-state index contributed by atoms with van der Waals surface area (Å²) in [6.45, 7) is 0. The molecule has 1 aromatic carbocycles. The molecule has 0 spiro atoms. The van der Waals surface area contributed by atoms with Gasteiger partial charge in [-0.3, -0.25) is 4.79 Å². The van der Waals surface area contributed by atoms with Gasteiger partial charge in [0.15, 0.2) is 0 Å². The van der Waals surface area contributed by atoms with E-state index >= 15 is 0 Å². The second-order valence-electron chi connectivity index (χ2n) is 5.48. The number of benzene rings is 1. The average molecular weight is 273 g/mol. The van der Waals surface area contributed by atoms with Gasteiger partial charge < -0.3 is 10.4 Å². The maximum absolute atomic E-state index is 11.9. The lowest BCUT2D eigenvalue weighted by molar-refractivity contribution is -0.117. The molecule has 1 fully saturated rings. The van der Waals surface area contributed by atoms with Crippen molar-refractivity contribution in [2.24, 2.45) is 0 Å². The first-order chi connectivity index (χ1) is 9.74. The van der Waals surface area contributed by atoms with Crippen LogP contribution >= 0.6 is 0 Å². The molecule has 0 saturated heterocycles. The van der Waals surface area contributed by atoms with E-state index in [9.17, 15) is 9.90 Å². The van der Waals surface area contributed by atoms with E-state index in [1.165, 1.54) is 32.1 Å². The molecule has 3 nitrogen and oxygen atoms in total. The maximum Gasteiger partial charge on any atom is 0.244 e. The first-order valence-electron chi connectivity index (χ1n) is 7.51. The van der Waals surface area contributed by atoms with Crippen molar-refractivity contribution >= 4 is 12.0 Å². The predicted octanol–water partition coefficient (Wildman–Crippen LogP) is 3.63. The molecule has 0 aliphatic heterocycles. The third-order valence-corrected chi connectivity index (χ3v) is 3.77. The van der Waals surface area contributed by atoms with Gasteiger partial charge in [-0.05, 0) is 36.6 Å². The van der Waals surface area contributed by atoms with Crippen LogP contribution in [0.15, 0.2) is 30.3 Å². The van der Waals surface area contributed by atoms with Gasteiger partial charge in [-0.25, -0.2) is 0 Å². The monoisotopic (exact) mass is 273 g/mol. The third-order valence-electron chi connectivity index (χ3n) is 3.77. The van der Waals surface area contributed by atoms with Gasteiger partial charge in [-0.2, -0.15) is 0 Å².